The quantitative estimate of drug-likeness (QED) is 0.817. The number of rotatable bonds is 5. The van der Waals surface area contributed by atoms with E-state index in [1.807, 2.05) is 0 Å². The third-order valence-electron chi connectivity index (χ3n) is 4.48. The zero-order valence-corrected chi connectivity index (χ0v) is 15.2. The molecule has 1 aromatic carbocycles. The fraction of sp³-hybridized carbons (Fsp3) is 0.316. The maximum absolute atomic E-state index is 12.6. The van der Waals surface area contributed by atoms with E-state index in [0.717, 1.165) is 6.42 Å². The number of carbonyl (C=O) groups excluding carboxylic acids is 2. The average molecular weight is 391 g/mol. The van der Waals surface area contributed by atoms with Gasteiger partial charge in [-0.3, -0.25) is 9.59 Å². The lowest BCUT2D eigenvalue weighted by atomic mass is 9.96. The van der Waals surface area contributed by atoms with E-state index >= 15 is 0 Å². The minimum Gasteiger partial charge on any atom is -0.475 e. The Morgan fingerprint density at radius 2 is 1.93 bits per heavy atom. The molecule has 1 aliphatic heterocycles. The number of piperidine rings is 1. The predicted molar refractivity (Wildman–Crippen MR) is 97.6 cm³/mol. The monoisotopic (exact) mass is 390 g/mol. The van der Waals surface area contributed by atoms with E-state index in [4.69, 9.17) is 21.1 Å². The van der Waals surface area contributed by atoms with Gasteiger partial charge in [-0.1, -0.05) is 11.6 Å². The molecule has 142 valence electrons. The fourth-order valence-electron chi connectivity index (χ4n) is 3.06. The first-order valence-electron chi connectivity index (χ1n) is 8.58. The number of nitrogens with one attached hydrogen (secondary N) is 1. The first-order valence-corrected chi connectivity index (χ1v) is 8.96. The second kappa shape index (κ2) is 8.26. The Bertz CT molecular complexity index is 846. The molecule has 0 saturated carbocycles. The molecule has 0 spiro atoms. The molecular formula is C19H19ClN2O5. The van der Waals surface area contributed by atoms with E-state index in [-0.39, 0.29) is 30.0 Å². The number of hydrogen-bond donors (Lipinski definition) is 2. The van der Waals surface area contributed by atoms with E-state index in [1.165, 1.54) is 12.1 Å². The van der Waals surface area contributed by atoms with Crippen molar-refractivity contribution in [3.8, 4) is 0 Å². The summed E-state index contributed by atoms with van der Waals surface area (Å²) in [6.07, 6.45) is 1.43. The van der Waals surface area contributed by atoms with E-state index < -0.39 is 5.97 Å². The minimum atomic E-state index is -1.16. The number of carboxylic acids is 1. The van der Waals surface area contributed by atoms with Crippen LogP contribution in [0.5, 0.6) is 0 Å². The maximum atomic E-state index is 12.6. The van der Waals surface area contributed by atoms with E-state index in [1.54, 1.807) is 29.2 Å². The molecule has 7 nitrogen and oxygen atoms in total. The lowest BCUT2D eigenvalue weighted by molar-refractivity contribution is -0.126. The highest BCUT2D eigenvalue weighted by molar-refractivity contribution is 6.30. The standard InChI is InChI=1S/C19H19ClN2O5/c20-14-5-3-12(4-6-14)18(24)22-9-1-2-13(11-22)17(23)21-10-15-7-8-16(27-15)19(25)26/h3-8,13H,1-2,9-11H2,(H,21,23)(H,25,26). The zero-order valence-electron chi connectivity index (χ0n) is 14.5. The van der Waals surface area contributed by atoms with Gasteiger partial charge in [0, 0.05) is 23.7 Å². The van der Waals surface area contributed by atoms with Gasteiger partial charge in [0.25, 0.3) is 5.91 Å². The smallest absolute Gasteiger partial charge is 0.371 e. The second-order valence-corrected chi connectivity index (χ2v) is 6.82. The molecular weight excluding hydrogens is 372 g/mol. The Morgan fingerprint density at radius 1 is 1.19 bits per heavy atom. The van der Waals surface area contributed by atoms with Gasteiger partial charge in [0.2, 0.25) is 11.7 Å². The lowest BCUT2D eigenvalue weighted by Gasteiger charge is -2.32. The maximum Gasteiger partial charge on any atom is 0.371 e. The normalized spacial score (nSPS) is 16.8. The number of halogens is 1. The van der Waals surface area contributed by atoms with Crippen molar-refractivity contribution in [2.24, 2.45) is 5.92 Å². The highest BCUT2D eigenvalue weighted by Gasteiger charge is 2.29. The molecule has 2 aromatic rings. The summed E-state index contributed by atoms with van der Waals surface area (Å²) in [5.74, 6) is -1.58. The van der Waals surface area contributed by atoms with Crippen LogP contribution in [-0.2, 0) is 11.3 Å². The molecule has 3 rings (SSSR count). The van der Waals surface area contributed by atoms with Gasteiger partial charge in [-0.2, -0.15) is 0 Å². The number of furan rings is 1. The number of carbonyl (C=O) groups is 3. The molecule has 1 aliphatic rings. The third kappa shape index (κ3) is 4.68. The van der Waals surface area contributed by atoms with Gasteiger partial charge in [-0.05, 0) is 49.2 Å². The van der Waals surface area contributed by atoms with Crippen molar-refractivity contribution < 1.29 is 23.9 Å². The Hall–Kier alpha value is -2.80. The minimum absolute atomic E-state index is 0.105. The van der Waals surface area contributed by atoms with Crippen molar-refractivity contribution in [2.75, 3.05) is 13.1 Å². The molecule has 0 aliphatic carbocycles. The molecule has 1 unspecified atom stereocenters. The van der Waals surface area contributed by atoms with Crippen molar-refractivity contribution in [3.05, 3.63) is 58.5 Å². The summed E-state index contributed by atoms with van der Waals surface area (Å²) in [6, 6.07) is 9.53. The van der Waals surface area contributed by atoms with Gasteiger partial charge >= 0.3 is 5.97 Å². The Labute approximate surface area is 160 Å². The van der Waals surface area contributed by atoms with Gasteiger partial charge in [0.1, 0.15) is 5.76 Å². The van der Waals surface area contributed by atoms with Gasteiger partial charge in [0.15, 0.2) is 0 Å². The topological polar surface area (TPSA) is 99.9 Å². The molecule has 8 heteroatoms. The number of benzene rings is 1. The number of aromatic carboxylic acids is 1. The van der Waals surface area contributed by atoms with Crippen LogP contribution in [0, 0.1) is 5.92 Å². The number of amides is 2. The molecule has 2 heterocycles. The van der Waals surface area contributed by atoms with Gasteiger partial charge in [0.05, 0.1) is 12.5 Å². The van der Waals surface area contributed by atoms with Crippen LogP contribution in [0.3, 0.4) is 0 Å². The summed E-state index contributed by atoms with van der Waals surface area (Å²) in [7, 11) is 0. The van der Waals surface area contributed by atoms with E-state index in [2.05, 4.69) is 5.32 Å². The molecule has 0 radical (unpaired) electrons. The van der Waals surface area contributed by atoms with Crippen LogP contribution in [-0.4, -0.2) is 40.9 Å². The second-order valence-electron chi connectivity index (χ2n) is 6.39. The molecule has 0 bridgehead atoms. The fourth-order valence-corrected chi connectivity index (χ4v) is 3.18. The van der Waals surface area contributed by atoms with Crippen LogP contribution in [0.4, 0.5) is 0 Å². The van der Waals surface area contributed by atoms with Crippen molar-refractivity contribution in [1.82, 2.24) is 10.2 Å². The van der Waals surface area contributed by atoms with Crippen LogP contribution in [0.1, 0.15) is 39.5 Å². The highest BCUT2D eigenvalue weighted by atomic mass is 35.5. The number of nitrogens with zero attached hydrogens (tertiary/aromatic N) is 1. The number of likely N-dealkylation sites (tertiary alicyclic amines) is 1. The summed E-state index contributed by atoms with van der Waals surface area (Å²) >= 11 is 5.85. The SMILES string of the molecule is O=C(O)c1ccc(CNC(=O)C2CCCN(C(=O)c3ccc(Cl)cc3)C2)o1. The van der Waals surface area contributed by atoms with Gasteiger partial charge in [-0.15, -0.1) is 0 Å². The van der Waals surface area contributed by atoms with E-state index in [9.17, 15) is 14.4 Å². The highest BCUT2D eigenvalue weighted by Crippen LogP contribution is 2.20. The van der Waals surface area contributed by atoms with Crippen molar-refractivity contribution in [2.45, 2.75) is 19.4 Å². The summed E-state index contributed by atoms with van der Waals surface area (Å²) in [6.45, 7) is 1.05. The van der Waals surface area contributed by atoms with Crippen molar-refractivity contribution in [1.29, 1.82) is 0 Å². The summed E-state index contributed by atoms with van der Waals surface area (Å²) in [4.78, 5) is 37.5. The average Bonchev–Trinajstić information content (AvgIpc) is 3.16. The molecule has 2 N–H and O–H groups in total. The molecule has 2 amide bonds. The van der Waals surface area contributed by atoms with Crippen molar-refractivity contribution in [3.63, 3.8) is 0 Å². The summed E-state index contributed by atoms with van der Waals surface area (Å²) in [5, 5.41) is 12.2. The summed E-state index contributed by atoms with van der Waals surface area (Å²) in [5.41, 5.74) is 0.539. The van der Waals surface area contributed by atoms with Crippen LogP contribution in [0.15, 0.2) is 40.8 Å². The number of hydrogen-bond acceptors (Lipinski definition) is 4. The Balaban J connectivity index is 1.56. The first kappa shape index (κ1) is 19.0. The molecule has 1 atom stereocenters. The zero-order chi connectivity index (χ0) is 19.4. The molecule has 27 heavy (non-hydrogen) atoms. The number of carboxylic acid groups (broad SMARTS) is 1. The largest absolute Gasteiger partial charge is 0.475 e. The third-order valence-corrected chi connectivity index (χ3v) is 4.73. The van der Waals surface area contributed by atoms with Gasteiger partial charge < -0.3 is 19.7 Å². The van der Waals surface area contributed by atoms with Crippen LogP contribution < -0.4 is 5.32 Å². The first-order chi connectivity index (χ1) is 12.9. The van der Waals surface area contributed by atoms with Crippen LogP contribution in [0.25, 0.3) is 0 Å². The van der Waals surface area contributed by atoms with Crippen molar-refractivity contribution >= 4 is 29.4 Å². The van der Waals surface area contributed by atoms with Crippen LogP contribution in [0.2, 0.25) is 5.02 Å². The Kier molecular flexibility index (Phi) is 5.81. The predicted octanol–water partition coefficient (Wildman–Crippen LogP) is 2.80. The lowest BCUT2D eigenvalue weighted by Crippen LogP contribution is -2.45. The van der Waals surface area contributed by atoms with Gasteiger partial charge in [-0.25, -0.2) is 4.79 Å². The molecule has 1 aromatic heterocycles. The van der Waals surface area contributed by atoms with Crippen LogP contribution >= 0.6 is 11.6 Å². The Morgan fingerprint density at radius 3 is 2.59 bits per heavy atom. The summed E-state index contributed by atoms with van der Waals surface area (Å²) < 4.78 is 5.12. The molecule has 1 saturated heterocycles. The van der Waals surface area contributed by atoms with E-state index in [0.29, 0.717) is 35.9 Å². The molecule has 1 fully saturated rings.